The van der Waals surface area contributed by atoms with E-state index in [-0.39, 0.29) is 0 Å². The molecule has 0 amide bonds. The summed E-state index contributed by atoms with van der Waals surface area (Å²) in [5, 5.41) is 4.57. The lowest BCUT2D eigenvalue weighted by Crippen LogP contribution is -2.23. The van der Waals surface area contributed by atoms with Gasteiger partial charge in [0.25, 0.3) is 0 Å². The molecule has 0 spiro atoms. The molecule has 2 aromatic rings. The van der Waals surface area contributed by atoms with Gasteiger partial charge in [0.05, 0.1) is 0 Å². The third-order valence-corrected chi connectivity index (χ3v) is 4.96. The minimum absolute atomic E-state index is 0.317. The predicted molar refractivity (Wildman–Crippen MR) is 88.2 cm³/mol. The van der Waals surface area contributed by atoms with Crippen LogP contribution in [0.1, 0.15) is 42.1 Å². The van der Waals surface area contributed by atoms with Gasteiger partial charge in [-0.25, -0.2) is 0 Å². The van der Waals surface area contributed by atoms with Gasteiger partial charge in [0.2, 0.25) is 0 Å². The van der Waals surface area contributed by atoms with Gasteiger partial charge in [-0.3, -0.25) is 0 Å². The molecule has 1 nitrogen and oxygen atoms in total. The maximum absolute atomic E-state index is 6.07. The van der Waals surface area contributed by atoms with Gasteiger partial charge in [0.15, 0.2) is 0 Å². The van der Waals surface area contributed by atoms with E-state index in [1.54, 1.807) is 0 Å². The predicted octanol–water partition coefficient (Wildman–Crippen LogP) is 5.44. The van der Waals surface area contributed by atoms with Crippen molar-refractivity contribution >= 4 is 27.5 Å². The first-order valence-corrected chi connectivity index (χ1v) is 8.11. The van der Waals surface area contributed by atoms with E-state index in [2.05, 4.69) is 58.5 Å². The van der Waals surface area contributed by atoms with Crippen LogP contribution in [0, 0.1) is 0 Å². The van der Waals surface area contributed by atoms with Gasteiger partial charge in [-0.2, -0.15) is 0 Å². The zero-order valence-electron chi connectivity index (χ0n) is 11.4. The molecule has 0 heterocycles. The van der Waals surface area contributed by atoms with E-state index in [4.69, 9.17) is 11.6 Å². The van der Waals surface area contributed by atoms with Gasteiger partial charge in [-0.15, -0.1) is 0 Å². The number of rotatable bonds is 3. The van der Waals surface area contributed by atoms with Crippen LogP contribution in [0.3, 0.4) is 0 Å². The fourth-order valence-corrected chi connectivity index (χ4v) is 3.80. The maximum atomic E-state index is 6.07. The summed E-state index contributed by atoms with van der Waals surface area (Å²) in [6.07, 6.45) is 2.25. The molecule has 0 saturated heterocycles. The molecule has 20 heavy (non-hydrogen) atoms. The van der Waals surface area contributed by atoms with Crippen molar-refractivity contribution in [2.24, 2.45) is 0 Å². The molecule has 1 N–H and O–H groups in total. The van der Waals surface area contributed by atoms with Crippen LogP contribution in [0.25, 0.3) is 0 Å². The second-order valence-electron chi connectivity index (χ2n) is 5.34. The lowest BCUT2D eigenvalue weighted by Gasteiger charge is -2.21. The zero-order chi connectivity index (χ0) is 14.1. The molecule has 2 aromatic carbocycles. The Bertz CT molecular complexity index is 626. The van der Waals surface area contributed by atoms with E-state index in [9.17, 15) is 0 Å². The molecular weight excluding hydrogens is 334 g/mol. The number of hydrogen-bond donors (Lipinski definition) is 1. The van der Waals surface area contributed by atoms with Crippen LogP contribution in [0.5, 0.6) is 0 Å². The second-order valence-corrected chi connectivity index (χ2v) is 6.64. The van der Waals surface area contributed by atoms with Crippen molar-refractivity contribution < 1.29 is 0 Å². The molecule has 1 unspecified atom stereocenters. The van der Waals surface area contributed by atoms with Crippen LogP contribution >= 0.6 is 27.5 Å². The largest absolute Gasteiger partial charge is 0.303 e. The fourth-order valence-electron chi connectivity index (χ4n) is 2.98. The molecule has 1 aliphatic carbocycles. The highest BCUT2D eigenvalue weighted by Gasteiger charge is 2.24. The summed E-state index contributed by atoms with van der Waals surface area (Å²) in [7, 11) is 0. The number of benzene rings is 2. The Labute approximate surface area is 133 Å². The maximum Gasteiger partial charge on any atom is 0.0408 e. The number of fused-ring (bicyclic) bond motifs is 1. The average Bonchev–Trinajstić information content (AvgIpc) is 2.81. The van der Waals surface area contributed by atoms with Crippen molar-refractivity contribution in [1.82, 2.24) is 5.32 Å². The topological polar surface area (TPSA) is 12.0 Å². The lowest BCUT2D eigenvalue weighted by molar-refractivity contribution is 0.464. The van der Waals surface area contributed by atoms with Crippen LogP contribution in [0.15, 0.2) is 46.9 Å². The van der Waals surface area contributed by atoms with Gasteiger partial charge < -0.3 is 5.32 Å². The van der Waals surface area contributed by atoms with Gasteiger partial charge in [-0.05, 0) is 54.7 Å². The minimum Gasteiger partial charge on any atom is -0.303 e. The van der Waals surface area contributed by atoms with E-state index in [1.165, 1.54) is 16.7 Å². The van der Waals surface area contributed by atoms with Gasteiger partial charge in [-0.1, -0.05) is 51.8 Å². The SMILES string of the molecule is C[C@@H](NC1CCc2cc(Cl)ccc21)c1ccccc1Br. The van der Waals surface area contributed by atoms with E-state index in [1.807, 2.05) is 12.1 Å². The molecule has 2 atom stereocenters. The van der Waals surface area contributed by atoms with Crippen LogP contribution in [0.2, 0.25) is 5.02 Å². The van der Waals surface area contributed by atoms with Crippen LogP contribution in [0.4, 0.5) is 0 Å². The molecule has 104 valence electrons. The first-order chi connectivity index (χ1) is 9.65. The fraction of sp³-hybridized carbons (Fsp3) is 0.294. The van der Waals surface area contributed by atoms with Crippen molar-refractivity contribution in [1.29, 1.82) is 0 Å². The molecule has 3 heteroatoms. The average molecular weight is 351 g/mol. The van der Waals surface area contributed by atoms with Gasteiger partial charge in [0, 0.05) is 21.6 Å². The smallest absolute Gasteiger partial charge is 0.0408 e. The Kier molecular flexibility index (Phi) is 4.16. The lowest BCUT2D eigenvalue weighted by atomic mass is 10.0. The van der Waals surface area contributed by atoms with E-state index in [0.29, 0.717) is 12.1 Å². The summed E-state index contributed by atoms with van der Waals surface area (Å²) in [5.74, 6) is 0. The van der Waals surface area contributed by atoms with Crippen molar-refractivity contribution in [3.8, 4) is 0 Å². The molecule has 1 aliphatic rings. The highest BCUT2D eigenvalue weighted by Crippen LogP contribution is 2.35. The van der Waals surface area contributed by atoms with E-state index < -0.39 is 0 Å². The molecular formula is C17H17BrClN. The Morgan fingerprint density at radius 2 is 2.05 bits per heavy atom. The summed E-state index contributed by atoms with van der Waals surface area (Å²) in [5.41, 5.74) is 4.08. The molecule has 0 radical (unpaired) electrons. The van der Waals surface area contributed by atoms with Gasteiger partial charge in [0.1, 0.15) is 0 Å². The molecule has 0 fully saturated rings. The normalized spacial score (nSPS) is 18.9. The van der Waals surface area contributed by atoms with Crippen molar-refractivity contribution in [2.45, 2.75) is 31.8 Å². The Morgan fingerprint density at radius 3 is 2.85 bits per heavy atom. The third-order valence-electron chi connectivity index (χ3n) is 4.01. The first kappa shape index (κ1) is 14.1. The summed E-state index contributed by atoms with van der Waals surface area (Å²) in [6, 6.07) is 15.4. The summed E-state index contributed by atoms with van der Waals surface area (Å²) in [6.45, 7) is 2.22. The quantitative estimate of drug-likeness (QED) is 0.777. The van der Waals surface area contributed by atoms with E-state index >= 15 is 0 Å². The summed E-state index contributed by atoms with van der Waals surface area (Å²) in [4.78, 5) is 0. The van der Waals surface area contributed by atoms with Crippen LogP contribution in [-0.2, 0) is 6.42 Å². The Hall–Kier alpha value is -0.830. The zero-order valence-corrected chi connectivity index (χ0v) is 13.7. The minimum atomic E-state index is 0.317. The number of aryl methyl sites for hydroxylation is 1. The van der Waals surface area contributed by atoms with Crippen molar-refractivity contribution in [3.63, 3.8) is 0 Å². The highest BCUT2D eigenvalue weighted by atomic mass is 79.9. The van der Waals surface area contributed by atoms with Gasteiger partial charge >= 0.3 is 0 Å². The number of hydrogen-bond acceptors (Lipinski definition) is 1. The highest BCUT2D eigenvalue weighted by molar-refractivity contribution is 9.10. The number of nitrogens with one attached hydrogen (secondary N) is 1. The molecule has 0 saturated carbocycles. The first-order valence-electron chi connectivity index (χ1n) is 6.94. The summed E-state index contributed by atoms with van der Waals surface area (Å²) >= 11 is 9.70. The monoisotopic (exact) mass is 349 g/mol. The third kappa shape index (κ3) is 2.78. The van der Waals surface area contributed by atoms with E-state index in [0.717, 1.165) is 22.3 Å². The summed E-state index contributed by atoms with van der Waals surface area (Å²) < 4.78 is 1.16. The Balaban J connectivity index is 1.79. The molecule has 0 aliphatic heterocycles. The standard InChI is InChI=1S/C17H17BrClN/c1-11(14-4-2-3-5-16(14)18)20-17-9-6-12-10-13(19)7-8-15(12)17/h2-5,7-8,10-11,17,20H,6,9H2,1H3/t11-,17?/m1/s1. The van der Waals surface area contributed by atoms with Crippen molar-refractivity contribution in [3.05, 3.63) is 68.7 Å². The van der Waals surface area contributed by atoms with Crippen LogP contribution < -0.4 is 5.32 Å². The Morgan fingerprint density at radius 1 is 1.25 bits per heavy atom. The van der Waals surface area contributed by atoms with Crippen LogP contribution in [-0.4, -0.2) is 0 Å². The second kappa shape index (κ2) is 5.88. The molecule has 3 rings (SSSR count). The number of halogens is 2. The molecule has 0 aromatic heterocycles. The molecule has 0 bridgehead atoms. The van der Waals surface area contributed by atoms with Crippen molar-refractivity contribution in [2.75, 3.05) is 0 Å².